The van der Waals surface area contributed by atoms with Crippen LogP contribution in [0.1, 0.15) is 78.6 Å². The number of nitrogens with zero attached hydrogens (tertiary/aromatic N) is 1. The molecule has 1 saturated carbocycles. The van der Waals surface area contributed by atoms with Crippen LogP contribution in [0.4, 0.5) is 0 Å². The Morgan fingerprint density at radius 3 is 2.15 bits per heavy atom. The molecule has 0 aromatic rings. The summed E-state index contributed by atoms with van der Waals surface area (Å²) >= 11 is 0. The molecule has 1 heterocycles. The van der Waals surface area contributed by atoms with E-state index >= 15 is 0 Å². The second kappa shape index (κ2) is 6.76. The van der Waals surface area contributed by atoms with Crippen LogP contribution in [0.15, 0.2) is 0 Å². The maximum Gasteiger partial charge on any atom is 0.0394 e. The minimum Gasteiger partial charge on any atom is -0.296 e. The first-order valence-electron chi connectivity index (χ1n) is 8.69. The van der Waals surface area contributed by atoms with E-state index in [1.54, 1.807) is 0 Å². The first-order chi connectivity index (χ1) is 9.48. The Bertz CT molecular complexity index is 283. The number of nitrogens with two attached hydrogens (primary N) is 1. The molecule has 20 heavy (non-hydrogen) atoms. The Hall–Kier alpha value is -0.120. The topological polar surface area (TPSA) is 41.3 Å². The lowest BCUT2D eigenvalue weighted by Gasteiger charge is -2.48. The van der Waals surface area contributed by atoms with Crippen molar-refractivity contribution in [2.45, 2.75) is 90.1 Å². The summed E-state index contributed by atoms with van der Waals surface area (Å²) in [7, 11) is 0. The van der Waals surface area contributed by atoms with Crippen LogP contribution in [-0.2, 0) is 0 Å². The van der Waals surface area contributed by atoms with Gasteiger partial charge in [0.2, 0.25) is 0 Å². The molecule has 1 atom stereocenters. The van der Waals surface area contributed by atoms with Crippen LogP contribution < -0.4 is 11.3 Å². The van der Waals surface area contributed by atoms with Crippen molar-refractivity contribution in [1.29, 1.82) is 0 Å². The Morgan fingerprint density at radius 1 is 1.05 bits per heavy atom. The first kappa shape index (κ1) is 16.3. The van der Waals surface area contributed by atoms with Crippen molar-refractivity contribution in [2.75, 3.05) is 13.1 Å². The molecule has 1 unspecified atom stereocenters. The largest absolute Gasteiger partial charge is 0.296 e. The summed E-state index contributed by atoms with van der Waals surface area (Å²) in [5, 5.41) is 0. The van der Waals surface area contributed by atoms with E-state index in [2.05, 4.69) is 31.1 Å². The van der Waals surface area contributed by atoms with Crippen LogP contribution in [0.3, 0.4) is 0 Å². The average molecular weight is 281 g/mol. The van der Waals surface area contributed by atoms with E-state index < -0.39 is 0 Å². The molecule has 1 aliphatic carbocycles. The molecule has 2 fully saturated rings. The smallest absolute Gasteiger partial charge is 0.0394 e. The van der Waals surface area contributed by atoms with Crippen LogP contribution in [0, 0.1) is 5.41 Å². The van der Waals surface area contributed by atoms with Gasteiger partial charge in [-0.2, -0.15) is 0 Å². The van der Waals surface area contributed by atoms with Crippen molar-refractivity contribution in [3.05, 3.63) is 0 Å². The van der Waals surface area contributed by atoms with E-state index in [1.165, 1.54) is 70.9 Å². The van der Waals surface area contributed by atoms with Crippen LogP contribution in [0.5, 0.6) is 0 Å². The monoisotopic (exact) mass is 281 g/mol. The zero-order valence-electron chi connectivity index (χ0n) is 13.9. The molecule has 2 aliphatic rings. The van der Waals surface area contributed by atoms with Crippen LogP contribution >= 0.6 is 0 Å². The van der Waals surface area contributed by atoms with Gasteiger partial charge in [0, 0.05) is 11.6 Å². The van der Waals surface area contributed by atoms with Crippen LogP contribution in [0.25, 0.3) is 0 Å². The highest BCUT2D eigenvalue weighted by Crippen LogP contribution is 2.41. The van der Waals surface area contributed by atoms with Gasteiger partial charge in [0.15, 0.2) is 0 Å². The summed E-state index contributed by atoms with van der Waals surface area (Å²) in [6.07, 6.45) is 12.0. The predicted octanol–water partition coefficient (Wildman–Crippen LogP) is 3.44. The highest BCUT2D eigenvalue weighted by atomic mass is 15.3. The van der Waals surface area contributed by atoms with E-state index in [0.717, 1.165) is 0 Å². The number of hydrogen-bond acceptors (Lipinski definition) is 3. The summed E-state index contributed by atoms with van der Waals surface area (Å²) in [6.45, 7) is 9.58. The molecule has 0 amide bonds. The van der Waals surface area contributed by atoms with Gasteiger partial charge in [-0.3, -0.25) is 16.2 Å². The van der Waals surface area contributed by atoms with Gasteiger partial charge in [0.25, 0.3) is 0 Å². The van der Waals surface area contributed by atoms with Gasteiger partial charge in [-0.15, -0.1) is 0 Å². The molecule has 3 nitrogen and oxygen atoms in total. The minimum absolute atomic E-state index is 0.348. The Labute approximate surface area is 125 Å². The molecule has 0 radical (unpaired) electrons. The van der Waals surface area contributed by atoms with Crippen LogP contribution in [-0.4, -0.2) is 29.6 Å². The van der Waals surface area contributed by atoms with Gasteiger partial charge in [0.1, 0.15) is 0 Å². The summed E-state index contributed by atoms with van der Waals surface area (Å²) in [4.78, 5) is 2.79. The fourth-order valence-corrected chi connectivity index (χ4v) is 4.30. The fraction of sp³-hybridized carbons (Fsp3) is 1.00. The van der Waals surface area contributed by atoms with Gasteiger partial charge in [-0.05, 0) is 57.0 Å². The quantitative estimate of drug-likeness (QED) is 0.599. The van der Waals surface area contributed by atoms with Gasteiger partial charge >= 0.3 is 0 Å². The Kier molecular flexibility index (Phi) is 5.49. The molecular weight excluding hydrogens is 246 g/mol. The van der Waals surface area contributed by atoms with E-state index in [-0.39, 0.29) is 0 Å². The van der Waals surface area contributed by atoms with Crippen molar-refractivity contribution < 1.29 is 0 Å². The van der Waals surface area contributed by atoms with E-state index in [1.807, 2.05) is 0 Å². The lowest BCUT2D eigenvalue weighted by molar-refractivity contribution is 0.0305. The number of nitrogens with one attached hydrogen (secondary N) is 1. The lowest BCUT2D eigenvalue weighted by atomic mass is 9.79. The van der Waals surface area contributed by atoms with Crippen molar-refractivity contribution in [3.8, 4) is 0 Å². The second-order valence-corrected chi connectivity index (χ2v) is 8.18. The molecule has 0 bridgehead atoms. The molecule has 0 aromatic heterocycles. The highest BCUT2D eigenvalue weighted by molar-refractivity contribution is 5.03. The molecule has 118 valence electrons. The van der Waals surface area contributed by atoms with Gasteiger partial charge in [-0.25, -0.2) is 0 Å². The summed E-state index contributed by atoms with van der Waals surface area (Å²) < 4.78 is 0. The maximum atomic E-state index is 6.00. The molecule has 3 N–H and O–H groups in total. The second-order valence-electron chi connectivity index (χ2n) is 8.18. The number of likely N-dealkylation sites (tertiary alicyclic amines) is 1. The lowest BCUT2D eigenvalue weighted by Crippen LogP contribution is -2.62. The maximum absolute atomic E-state index is 6.00. The van der Waals surface area contributed by atoms with E-state index in [0.29, 0.717) is 17.0 Å². The third kappa shape index (κ3) is 3.75. The van der Waals surface area contributed by atoms with Crippen molar-refractivity contribution in [2.24, 2.45) is 11.3 Å². The number of piperidine rings is 1. The molecule has 2 rings (SSSR count). The molecule has 1 aliphatic heterocycles. The van der Waals surface area contributed by atoms with E-state index in [9.17, 15) is 0 Å². The summed E-state index contributed by atoms with van der Waals surface area (Å²) in [5.74, 6) is 6.00. The van der Waals surface area contributed by atoms with Gasteiger partial charge < -0.3 is 0 Å². The number of hydrogen-bond donors (Lipinski definition) is 2. The Morgan fingerprint density at radius 2 is 1.65 bits per heavy atom. The van der Waals surface area contributed by atoms with E-state index in [4.69, 9.17) is 5.84 Å². The third-order valence-electron chi connectivity index (χ3n) is 5.49. The SMILES string of the molecule is CC(C)(C)CCC(NN)C1(N2CCCCC2)CCCC1. The van der Waals surface area contributed by atoms with Crippen molar-refractivity contribution in [3.63, 3.8) is 0 Å². The molecule has 3 heteroatoms. The molecule has 0 spiro atoms. The highest BCUT2D eigenvalue weighted by Gasteiger charge is 2.45. The predicted molar refractivity (Wildman–Crippen MR) is 86.4 cm³/mol. The first-order valence-corrected chi connectivity index (χ1v) is 8.69. The summed E-state index contributed by atoms with van der Waals surface area (Å²) in [5.41, 5.74) is 3.96. The zero-order chi connectivity index (χ0) is 14.6. The van der Waals surface area contributed by atoms with Crippen LogP contribution in [0.2, 0.25) is 0 Å². The fourth-order valence-electron chi connectivity index (χ4n) is 4.30. The van der Waals surface area contributed by atoms with Gasteiger partial charge in [0.05, 0.1) is 0 Å². The molecule has 1 saturated heterocycles. The third-order valence-corrected chi connectivity index (χ3v) is 5.49. The zero-order valence-corrected chi connectivity index (χ0v) is 13.9. The average Bonchev–Trinajstić information content (AvgIpc) is 2.90. The van der Waals surface area contributed by atoms with Crippen molar-refractivity contribution in [1.82, 2.24) is 10.3 Å². The van der Waals surface area contributed by atoms with Crippen molar-refractivity contribution >= 4 is 0 Å². The standard InChI is InChI=1S/C17H35N3/c1-16(2,3)12-9-15(19-18)17(10-5-6-11-17)20-13-7-4-8-14-20/h15,19H,4-14,18H2,1-3H3. The number of hydrazine groups is 1. The normalized spacial score (nSPS) is 25.8. The Balaban J connectivity index is 2.08. The molecule has 0 aromatic carbocycles. The summed E-state index contributed by atoms with van der Waals surface area (Å²) in [6, 6.07) is 0.460. The van der Waals surface area contributed by atoms with Gasteiger partial charge in [-0.1, -0.05) is 40.0 Å². The minimum atomic E-state index is 0.348. The number of rotatable bonds is 5. The molecular formula is C17H35N3.